The molecule has 0 bridgehead atoms. The van der Waals surface area contributed by atoms with Crippen molar-refractivity contribution in [2.75, 3.05) is 10.6 Å². The van der Waals surface area contributed by atoms with E-state index >= 15 is 0 Å². The van der Waals surface area contributed by atoms with Gasteiger partial charge < -0.3 is 20.2 Å². The maximum Gasteiger partial charge on any atom is 0.320 e. The van der Waals surface area contributed by atoms with Crippen LogP contribution in [-0.4, -0.2) is 32.2 Å². The van der Waals surface area contributed by atoms with Crippen LogP contribution in [0.4, 0.5) is 17.4 Å². The van der Waals surface area contributed by atoms with Crippen LogP contribution in [0.25, 0.3) is 0 Å². The summed E-state index contributed by atoms with van der Waals surface area (Å²) in [5.74, 6) is -0.787. The Labute approximate surface area is 189 Å². The smallest absolute Gasteiger partial charge is 0.320 e. The molecule has 1 fully saturated rings. The number of nitrogens with one attached hydrogen (secondary N) is 2. The third-order valence-electron chi connectivity index (χ3n) is 5.70. The molecular formula is C23H22N6O4. The Bertz CT molecular complexity index is 1160. The highest BCUT2D eigenvalue weighted by Gasteiger charge is 2.24. The van der Waals surface area contributed by atoms with Gasteiger partial charge in [-0.3, -0.25) is 9.59 Å². The van der Waals surface area contributed by atoms with Crippen molar-refractivity contribution in [3.05, 3.63) is 59.7 Å². The van der Waals surface area contributed by atoms with Crippen molar-refractivity contribution in [1.29, 1.82) is 5.26 Å². The molecule has 1 amide bonds. The van der Waals surface area contributed by atoms with Crippen LogP contribution in [0.15, 0.2) is 47.0 Å². The predicted molar refractivity (Wildman–Crippen MR) is 118 cm³/mol. The number of rotatable bonds is 7. The summed E-state index contributed by atoms with van der Waals surface area (Å²) < 4.78 is 5.35. The number of hydrogen-bond donors (Lipinski definition) is 3. The summed E-state index contributed by atoms with van der Waals surface area (Å²) in [7, 11) is 0. The van der Waals surface area contributed by atoms with Crippen LogP contribution in [0, 0.1) is 17.2 Å². The molecule has 0 saturated heterocycles. The van der Waals surface area contributed by atoms with Gasteiger partial charge in [-0.1, -0.05) is 17.2 Å². The quantitative estimate of drug-likeness (QED) is 0.487. The van der Waals surface area contributed by atoms with Gasteiger partial charge in [-0.2, -0.15) is 5.26 Å². The fraction of sp³-hybridized carbons (Fsp3) is 0.304. The van der Waals surface area contributed by atoms with E-state index in [2.05, 4.69) is 25.8 Å². The number of carboxylic acids is 1. The molecule has 2 aromatic heterocycles. The third kappa shape index (κ3) is 5.71. The fourth-order valence-electron chi connectivity index (χ4n) is 3.99. The Morgan fingerprint density at radius 1 is 1.06 bits per heavy atom. The summed E-state index contributed by atoms with van der Waals surface area (Å²) in [6, 6.07) is 12.8. The Morgan fingerprint density at radius 2 is 1.79 bits per heavy atom. The average Bonchev–Trinajstić information content (AvgIpc) is 3.29. The van der Waals surface area contributed by atoms with E-state index in [1.165, 1.54) is 17.8 Å². The SMILES string of the molecule is N#Cc1ccc(Nc2nnc(C(=O)Nc3ccc(C4CCC(CC(=O)O)CC4)cc3)o2)cn1. The van der Waals surface area contributed by atoms with E-state index < -0.39 is 11.9 Å². The second-order valence-electron chi connectivity index (χ2n) is 7.97. The number of carbonyl (C=O) groups excluding carboxylic acids is 1. The summed E-state index contributed by atoms with van der Waals surface area (Å²) in [5, 5.41) is 30.9. The second kappa shape index (κ2) is 9.91. The fourth-order valence-corrected chi connectivity index (χ4v) is 3.99. The number of aliphatic carboxylic acids is 1. The van der Waals surface area contributed by atoms with Gasteiger partial charge in [0.15, 0.2) is 0 Å². The Kier molecular flexibility index (Phi) is 6.59. The van der Waals surface area contributed by atoms with Crippen LogP contribution in [0.5, 0.6) is 0 Å². The minimum Gasteiger partial charge on any atom is -0.481 e. The zero-order chi connectivity index (χ0) is 23.2. The predicted octanol–water partition coefficient (Wildman–Crippen LogP) is 4.08. The molecular weight excluding hydrogens is 424 g/mol. The molecule has 0 aliphatic heterocycles. The molecule has 1 aromatic carbocycles. The summed E-state index contributed by atoms with van der Waals surface area (Å²) >= 11 is 0. The summed E-state index contributed by atoms with van der Waals surface area (Å²) in [5.41, 5.74) is 2.61. The van der Waals surface area contributed by atoms with E-state index in [-0.39, 0.29) is 29.9 Å². The zero-order valence-corrected chi connectivity index (χ0v) is 17.7. The number of pyridine rings is 1. The van der Waals surface area contributed by atoms with Crippen molar-refractivity contribution in [2.24, 2.45) is 5.92 Å². The Hall–Kier alpha value is -4.26. The maximum absolute atomic E-state index is 12.4. The monoisotopic (exact) mass is 446 g/mol. The van der Waals surface area contributed by atoms with Crippen molar-refractivity contribution in [1.82, 2.24) is 15.2 Å². The van der Waals surface area contributed by atoms with Crippen LogP contribution in [0.1, 0.15) is 60.0 Å². The third-order valence-corrected chi connectivity index (χ3v) is 5.70. The normalized spacial score (nSPS) is 17.7. The summed E-state index contributed by atoms with van der Waals surface area (Å²) in [6.45, 7) is 0. The molecule has 1 aliphatic rings. The number of amides is 1. The lowest BCUT2D eigenvalue weighted by Crippen LogP contribution is -2.16. The molecule has 10 heteroatoms. The van der Waals surface area contributed by atoms with Crippen LogP contribution >= 0.6 is 0 Å². The largest absolute Gasteiger partial charge is 0.481 e. The summed E-state index contributed by atoms with van der Waals surface area (Å²) in [4.78, 5) is 27.3. The van der Waals surface area contributed by atoms with Gasteiger partial charge in [0.25, 0.3) is 0 Å². The molecule has 0 unspecified atom stereocenters. The lowest BCUT2D eigenvalue weighted by molar-refractivity contribution is -0.138. The van der Waals surface area contributed by atoms with Crippen molar-refractivity contribution in [3.8, 4) is 6.07 Å². The average molecular weight is 446 g/mol. The highest BCUT2D eigenvalue weighted by atomic mass is 16.4. The minimum atomic E-state index is -0.728. The molecule has 4 rings (SSSR count). The number of benzene rings is 1. The first-order chi connectivity index (χ1) is 16.0. The molecule has 3 aromatic rings. The van der Waals surface area contributed by atoms with E-state index in [4.69, 9.17) is 14.8 Å². The number of anilines is 3. The van der Waals surface area contributed by atoms with E-state index in [0.29, 0.717) is 17.3 Å². The van der Waals surface area contributed by atoms with E-state index in [9.17, 15) is 9.59 Å². The van der Waals surface area contributed by atoms with Crippen LogP contribution in [-0.2, 0) is 4.79 Å². The zero-order valence-electron chi connectivity index (χ0n) is 17.7. The van der Waals surface area contributed by atoms with E-state index in [1.54, 1.807) is 6.07 Å². The second-order valence-corrected chi connectivity index (χ2v) is 7.97. The number of nitrogens with zero attached hydrogens (tertiary/aromatic N) is 4. The van der Waals surface area contributed by atoms with Gasteiger partial charge in [0.1, 0.15) is 11.8 Å². The van der Waals surface area contributed by atoms with Crippen molar-refractivity contribution in [3.63, 3.8) is 0 Å². The van der Waals surface area contributed by atoms with Crippen molar-refractivity contribution < 1.29 is 19.1 Å². The molecule has 1 saturated carbocycles. The number of carboxylic acid groups (broad SMARTS) is 1. The molecule has 1 aliphatic carbocycles. The van der Waals surface area contributed by atoms with Crippen molar-refractivity contribution in [2.45, 2.75) is 38.0 Å². The van der Waals surface area contributed by atoms with Gasteiger partial charge in [0.05, 0.1) is 11.9 Å². The van der Waals surface area contributed by atoms with Crippen LogP contribution in [0.2, 0.25) is 0 Å². The number of carbonyl (C=O) groups is 2. The summed E-state index contributed by atoms with van der Waals surface area (Å²) in [6.07, 6.45) is 5.47. The highest BCUT2D eigenvalue weighted by Crippen LogP contribution is 2.37. The van der Waals surface area contributed by atoms with Crippen LogP contribution in [0.3, 0.4) is 0 Å². The molecule has 0 spiro atoms. The van der Waals surface area contributed by atoms with Gasteiger partial charge in [0, 0.05) is 12.1 Å². The van der Waals surface area contributed by atoms with E-state index in [0.717, 1.165) is 25.7 Å². The molecule has 0 radical (unpaired) electrons. The highest BCUT2D eigenvalue weighted by molar-refractivity contribution is 6.00. The first-order valence-electron chi connectivity index (χ1n) is 10.6. The molecule has 33 heavy (non-hydrogen) atoms. The molecule has 3 N–H and O–H groups in total. The molecule has 2 heterocycles. The first kappa shape index (κ1) is 22.0. The van der Waals surface area contributed by atoms with Gasteiger partial charge >= 0.3 is 23.8 Å². The van der Waals surface area contributed by atoms with Gasteiger partial charge in [-0.15, -0.1) is 5.10 Å². The number of nitriles is 1. The van der Waals surface area contributed by atoms with E-state index in [1.807, 2.05) is 30.3 Å². The molecule has 168 valence electrons. The standard InChI is InChI=1S/C23H22N6O4/c24-12-18-9-10-19(13-25-18)27-23-29-28-22(33-23)21(32)26-17-7-5-16(6-8-17)15-3-1-14(2-4-15)11-20(30)31/h5-10,13-15H,1-4,11H2,(H,26,32)(H,27,29)(H,30,31). The maximum atomic E-state index is 12.4. The lowest BCUT2D eigenvalue weighted by Gasteiger charge is -2.28. The van der Waals surface area contributed by atoms with Crippen molar-refractivity contribution >= 4 is 29.3 Å². The molecule has 10 nitrogen and oxygen atoms in total. The Morgan fingerprint density at radius 3 is 2.42 bits per heavy atom. The van der Waals surface area contributed by atoms with Gasteiger partial charge in [-0.05, 0) is 67.3 Å². The minimum absolute atomic E-state index is 0.0282. The van der Waals surface area contributed by atoms with Crippen LogP contribution < -0.4 is 10.6 Å². The number of hydrogen-bond acceptors (Lipinski definition) is 8. The first-order valence-corrected chi connectivity index (χ1v) is 10.6. The topological polar surface area (TPSA) is 154 Å². The lowest BCUT2D eigenvalue weighted by atomic mass is 9.77. The van der Waals surface area contributed by atoms with Gasteiger partial charge in [0.2, 0.25) is 0 Å². The van der Waals surface area contributed by atoms with Gasteiger partial charge in [-0.25, -0.2) is 4.98 Å². The Balaban J connectivity index is 1.31. The molecule has 0 atom stereocenters. The number of aromatic nitrogens is 3.